The molecule has 2 rings (SSSR count). The van der Waals surface area contributed by atoms with Crippen LogP contribution in [0.3, 0.4) is 0 Å². The standard InChI is InChI=1S/C18H20ClFN2O3/c1-3-21-10-12-4-7-16(17(8-12)24-2)25-11-18(23)22-13-5-6-15(20)14(19)9-13/h4-9,21H,3,10-11H2,1-2H3,(H,22,23). The fraction of sp³-hybridized carbons (Fsp3) is 0.278. The molecule has 0 heterocycles. The summed E-state index contributed by atoms with van der Waals surface area (Å²) in [5.41, 5.74) is 1.45. The van der Waals surface area contributed by atoms with Crippen LogP contribution in [0.5, 0.6) is 11.5 Å². The van der Waals surface area contributed by atoms with Crippen molar-refractivity contribution in [3.05, 3.63) is 52.8 Å². The number of hydrogen-bond acceptors (Lipinski definition) is 4. The molecule has 0 aliphatic rings. The van der Waals surface area contributed by atoms with Gasteiger partial charge in [0, 0.05) is 12.2 Å². The van der Waals surface area contributed by atoms with Crippen LogP contribution >= 0.6 is 11.6 Å². The topological polar surface area (TPSA) is 59.6 Å². The van der Waals surface area contributed by atoms with Crippen LogP contribution in [0.4, 0.5) is 10.1 Å². The molecule has 0 fully saturated rings. The molecule has 0 bridgehead atoms. The third kappa shape index (κ3) is 5.62. The number of hydrogen-bond donors (Lipinski definition) is 2. The molecular formula is C18H20ClFN2O3. The lowest BCUT2D eigenvalue weighted by atomic mass is 10.2. The predicted octanol–water partition coefficient (Wildman–Crippen LogP) is 3.61. The summed E-state index contributed by atoms with van der Waals surface area (Å²) in [4.78, 5) is 12.0. The number of rotatable bonds is 8. The molecule has 0 atom stereocenters. The van der Waals surface area contributed by atoms with Crippen molar-refractivity contribution in [3.63, 3.8) is 0 Å². The van der Waals surface area contributed by atoms with E-state index in [1.807, 2.05) is 19.1 Å². The van der Waals surface area contributed by atoms with E-state index in [4.69, 9.17) is 21.1 Å². The van der Waals surface area contributed by atoms with E-state index >= 15 is 0 Å². The Bertz CT molecular complexity index is 740. The van der Waals surface area contributed by atoms with Crippen molar-refractivity contribution in [2.75, 3.05) is 25.6 Å². The van der Waals surface area contributed by atoms with E-state index in [1.165, 1.54) is 18.2 Å². The number of halogens is 2. The third-order valence-electron chi connectivity index (χ3n) is 3.37. The van der Waals surface area contributed by atoms with E-state index in [2.05, 4.69) is 10.6 Å². The number of ether oxygens (including phenoxy) is 2. The first-order chi connectivity index (χ1) is 12.0. The first-order valence-electron chi connectivity index (χ1n) is 7.78. The lowest BCUT2D eigenvalue weighted by Gasteiger charge is -2.12. The summed E-state index contributed by atoms with van der Waals surface area (Å²) in [6.07, 6.45) is 0. The highest BCUT2D eigenvalue weighted by Crippen LogP contribution is 2.28. The molecule has 5 nitrogen and oxygen atoms in total. The fourth-order valence-electron chi connectivity index (χ4n) is 2.12. The van der Waals surface area contributed by atoms with Crippen LogP contribution in [0.2, 0.25) is 5.02 Å². The van der Waals surface area contributed by atoms with Gasteiger partial charge in [-0.15, -0.1) is 0 Å². The van der Waals surface area contributed by atoms with Gasteiger partial charge in [-0.25, -0.2) is 4.39 Å². The van der Waals surface area contributed by atoms with Gasteiger partial charge in [-0.2, -0.15) is 0 Å². The smallest absolute Gasteiger partial charge is 0.262 e. The van der Waals surface area contributed by atoms with Gasteiger partial charge in [-0.1, -0.05) is 24.6 Å². The first-order valence-corrected chi connectivity index (χ1v) is 8.16. The molecule has 0 aromatic heterocycles. The van der Waals surface area contributed by atoms with Crippen molar-refractivity contribution < 1.29 is 18.7 Å². The maximum absolute atomic E-state index is 13.1. The van der Waals surface area contributed by atoms with E-state index in [0.29, 0.717) is 17.2 Å². The van der Waals surface area contributed by atoms with Crippen LogP contribution in [-0.2, 0) is 11.3 Å². The zero-order chi connectivity index (χ0) is 18.2. The van der Waals surface area contributed by atoms with Gasteiger partial charge in [-0.3, -0.25) is 4.79 Å². The molecule has 0 saturated heterocycles. The zero-order valence-electron chi connectivity index (χ0n) is 14.1. The Labute approximate surface area is 151 Å². The van der Waals surface area contributed by atoms with Crippen LogP contribution in [-0.4, -0.2) is 26.2 Å². The summed E-state index contributed by atoms with van der Waals surface area (Å²) >= 11 is 5.68. The van der Waals surface area contributed by atoms with E-state index in [1.54, 1.807) is 13.2 Å². The Kier molecular flexibility index (Phi) is 7.03. The number of anilines is 1. The zero-order valence-corrected chi connectivity index (χ0v) is 14.8. The molecule has 0 unspecified atom stereocenters. The number of methoxy groups -OCH3 is 1. The highest BCUT2D eigenvalue weighted by Gasteiger charge is 2.10. The summed E-state index contributed by atoms with van der Waals surface area (Å²) in [7, 11) is 1.54. The Hall–Kier alpha value is -2.31. The molecule has 1 amide bonds. The van der Waals surface area contributed by atoms with Crippen molar-refractivity contribution in [2.24, 2.45) is 0 Å². The van der Waals surface area contributed by atoms with E-state index in [9.17, 15) is 9.18 Å². The molecule has 134 valence electrons. The second kappa shape index (κ2) is 9.25. The molecule has 0 spiro atoms. The van der Waals surface area contributed by atoms with Crippen LogP contribution < -0.4 is 20.1 Å². The lowest BCUT2D eigenvalue weighted by molar-refractivity contribution is -0.118. The fourth-order valence-corrected chi connectivity index (χ4v) is 2.31. The van der Waals surface area contributed by atoms with Gasteiger partial charge in [0.25, 0.3) is 5.91 Å². The van der Waals surface area contributed by atoms with Crippen molar-refractivity contribution in [2.45, 2.75) is 13.5 Å². The molecule has 7 heteroatoms. The second-order valence-electron chi connectivity index (χ2n) is 5.23. The van der Waals surface area contributed by atoms with Gasteiger partial charge < -0.3 is 20.1 Å². The number of amides is 1. The van der Waals surface area contributed by atoms with Gasteiger partial charge in [0.05, 0.1) is 12.1 Å². The van der Waals surface area contributed by atoms with Gasteiger partial charge in [0.2, 0.25) is 0 Å². The average molecular weight is 367 g/mol. The van der Waals surface area contributed by atoms with Crippen LogP contribution in [0.15, 0.2) is 36.4 Å². The molecule has 0 saturated carbocycles. The van der Waals surface area contributed by atoms with Crippen molar-refractivity contribution >= 4 is 23.2 Å². The van der Waals surface area contributed by atoms with E-state index < -0.39 is 5.82 Å². The predicted molar refractivity (Wildman–Crippen MR) is 95.9 cm³/mol. The molecule has 2 N–H and O–H groups in total. The van der Waals surface area contributed by atoms with Gasteiger partial charge in [-0.05, 0) is 42.4 Å². The Balaban J connectivity index is 1.95. The number of carbonyl (C=O) groups excluding carboxylic acids is 1. The van der Waals surface area contributed by atoms with Crippen molar-refractivity contribution in [1.82, 2.24) is 5.32 Å². The number of carbonyl (C=O) groups is 1. The molecule has 0 aliphatic heterocycles. The summed E-state index contributed by atoms with van der Waals surface area (Å²) < 4.78 is 23.9. The van der Waals surface area contributed by atoms with Crippen LogP contribution in [0, 0.1) is 5.82 Å². The Morgan fingerprint density at radius 1 is 1.20 bits per heavy atom. The largest absolute Gasteiger partial charge is 0.493 e. The molecule has 0 aliphatic carbocycles. The minimum absolute atomic E-state index is 0.0586. The number of benzene rings is 2. The van der Waals surface area contributed by atoms with Gasteiger partial charge >= 0.3 is 0 Å². The Morgan fingerprint density at radius 3 is 2.68 bits per heavy atom. The SMILES string of the molecule is CCNCc1ccc(OCC(=O)Nc2ccc(F)c(Cl)c2)c(OC)c1. The summed E-state index contributed by atoms with van der Waals surface area (Å²) in [5, 5.41) is 5.76. The highest BCUT2D eigenvalue weighted by atomic mass is 35.5. The van der Waals surface area contributed by atoms with E-state index in [0.717, 1.165) is 18.7 Å². The second-order valence-corrected chi connectivity index (χ2v) is 5.64. The molecular weight excluding hydrogens is 347 g/mol. The minimum Gasteiger partial charge on any atom is -0.493 e. The first kappa shape index (κ1) is 19.0. The summed E-state index contributed by atoms with van der Waals surface area (Å²) in [5.74, 6) is 0.0859. The monoisotopic (exact) mass is 366 g/mol. The average Bonchev–Trinajstić information content (AvgIpc) is 2.61. The van der Waals surface area contributed by atoms with Crippen LogP contribution in [0.25, 0.3) is 0 Å². The van der Waals surface area contributed by atoms with E-state index in [-0.39, 0.29) is 17.5 Å². The molecule has 2 aromatic carbocycles. The molecule has 0 radical (unpaired) electrons. The maximum atomic E-state index is 13.1. The minimum atomic E-state index is -0.543. The molecule has 25 heavy (non-hydrogen) atoms. The normalized spacial score (nSPS) is 10.4. The quantitative estimate of drug-likeness (QED) is 0.749. The number of nitrogens with one attached hydrogen (secondary N) is 2. The van der Waals surface area contributed by atoms with Crippen LogP contribution in [0.1, 0.15) is 12.5 Å². The Morgan fingerprint density at radius 2 is 2.00 bits per heavy atom. The maximum Gasteiger partial charge on any atom is 0.262 e. The lowest BCUT2D eigenvalue weighted by Crippen LogP contribution is -2.20. The van der Waals surface area contributed by atoms with Crippen molar-refractivity contribution in [1.29, 1.82) is 0 Å². The third-order valence-corrected chi connectivity index (χ3v) is 3.66. The van der Waals surface area contributed by atoms with Gasteiger partial charge in [0.1, 0.15) is 5.82 Å². The van der Waals surface area contributed by atoms with Gasteiger partial charge in [0.15, 0.2) is 18.1 Å². The highest BCUT2D eigenvalue weighted by molar-refractivity contribution is 6.31. The summed E-state index contributed by atoms with van der Waals surface area (Å²) in [6, 6.07) is 9.46. The van der Waals surface area contributed by atoms with Crippen molar-refractivity contribution in [3.8, 4) is 11.5 Å². The molecule has 2 aromatic rings. The summed E-state index contributed by atoms with van der Waals surface area (Å²) in [6.45, 7) is 3.41.